The molecule has 0 radical (unpaired) electrons. The molecule has 3 aromatic rings. The average molecular weight is 321 g/mol. The van der Waals surface area contributed by atoms with Gasteiger partial charge in [0.05, 0.1) is 32.1 Å². The standard InChI is InChI=1S/C20H19NO3/c1-13-17-5-3-4-6-18(17)21(11-16-12-24-16)19(13)20(22)14-7-9-15(23-2)10-8-14/h3-10,16H,11-12H2,1-2H3. The van der Waals surface area contributed by atoms with Crippen molar-refractivity contribution in [1.29, 1.82) is 0 Å². The van der Waals surface area contributed by atoms with Gasteiger partial charge >= 0.3 is 0 Å². The normalized spacial score (nSPS) is 16.3. The first-order valence-corrected chi connectivity index (χ1v) is 8.07. The van der Waals surface area contributed by atoms with E-state index in [1.165, 1.54) is 0 Å². The van der Waals surface area contributed by atoms with Crippen molar-refractivity contribution in [2.75, 3.05) is 13.7 Å². The summed E-state index contributed by atoms with van der Waals surface area (Å²) in [6.45, 7) is 3.50. The molecule has 122 valence electrons. The van der Waals surface area contributed by atoms with Crippen LogP contribution in [0.2, 0.25) is 0 Å². The highest BCUT2D eigenvalue weighted by Gasteiger charge is 2.28. The number of rotatable bonds is 5. The third kappa shape index (κ3) is 2.49. The number of fused-ring (bicyclic) bond motifs is 1. The van der Waals surface area contributed by atoms with Gasteiger partial charge in [-0.05, 0) is 42.8 Å². The Morgan fingerprint density at radius 1 is 1.21 bits per heavy atom. The van der Waals surface area contributed by atoms with Gasteiger partial charge in [-0.2, -0.15) is 0 Å². The Morgan fingerprint density at radius 2 is 1.92 bits per heavy atom. The second kappa shape index (κ2) is 5.80. The molecule has 1 aromatic heterocycles. The number of carbonyl (C=O) groups is 1. The van der Waals surface area contributed by atoms with Gasteiger partial charge in [0.25, 0.3) is 0 Å². The monoisotopic (exact) mass is 321 g/mol. The van der Waals surface area contributed by atoms with Crippen molar-refractivity contribution >= 4 is 16.7 Å². The van der Waals surface area contributed by atoms with Crippen LogP contribution >= 0.6 is 0 Å². The minimum absolute atomic E-state index is 0.0343. The van der Waals surface area contributed by atoms with E-state index in [2.05, 4.69) is 16.7 Å². The minimum Gasteiger partial charge on any atom is -0.497 e. The molecular formula is C20H19NO3. The summed E-state index contributed by atoms with van der Waals surface area (Å²) in [5.74, 6) is 0.780. The van der Waals surface area contributed by atoms with E-state index in [0.29, 0.717) is 12.1 Å². The zero-order chi connectivity index (χ0) is 16.7. The summed E-state index contributed by atoms with van der Waals surface area (Å²) in [4.78, 5) is 13.2. The number of para-hydroxylation sites is 1. The number of aromatic nitrogens is 1. The van der Waals surface area contributed by atoms with Crippen molar-refractivity contribution in [2.24, 2.45) is 0 Å². The highest BCUT2D eigenvalue weighted by molar-refractivity contribution is 6.12. The third-order valence-corrected chi connectivity index (χ3v) is 4.58. The summed E-state index contributed by atoms with van der Waals surface area (Å²) < 4.78 is 12.7. The summed E-state index contributed by atoms with van der Waals surface area (Å²) in [6, 6.07) is 15.4. The van der Waals surface area contributed by atoms with Gasteiger partial charge in [0, 0.05) is 16.5 Å². The molecule has 2 aromatic carbocycles. The molecule has 0 bridgehead atoms. The second-order valence-electron chi connectivity index (χ2n) is 6.11. The number of ether oxygens (including phenoxy) is 2. The highest BCUT2D eigenvalue weighted by atomic mass is 16.6. The number of methoxy groups -OCH3 is 1. The number of ketones is 1. The van der Waals surface area contributed by atoms with Gasteiger partial charge in [-0.25, -0.2) is 0 Å². The molecule has 4 nitrogen and oxygen atoms in total. The molecular weight excluding hydrogens is 302 g/mol. The number of epoxide rings is 1. The zero-order valence-corrected chi connectivity index (χ0v) is 13.8. The summed E-state index contributed by atoms with van der Waals surface area (Å²) in [5, 5.41) is 1.12. The molecule has 1 atom stereocenters. The number of nitrogens with zero attached hydrogens (tertiary/aromatic N) is 1. The molecule has 24 heavy (non-hydrogen) atoms. The molecule has 1 fully saturated rings. The van der Waals surface area contributed by atoms with Crippen molar-refractivity contribution < 1.29 is 14.3 Å². The summed E-state index contributed by atoms with van der Waals surface area (Å²) >= 11 is 0. The Balaban J connectivity index is 1.84. The van der Waals surface area contributed by atoms with E-state index < -0.39 is 0 Å². The molecule has 0 amide bonds. The van der Waals surface area contributed by atoms with Gasteiger partial charge in [-0.3, -0.25) is 4.79 Å². The molecule has 0 aliphatic carbocycles. The topological polar surface area (TPSA) is 43.8 Å². The van der Waals surface area contributed by atoms with Crippen LogP contribution in [0.15, 0.2) is 48.5 Å². The van der Waals surface area contributed by atoms with Crippen molar-refractivity contribution in [2.45, 2.75) is 19.6 Å². The first kappa shape index (κ1) is 15.0. The summed E-state index contributed by atoms with van der Waals surface area (Å²) in [5.41, 5.74) is 3.52. The van der Waals surface area contributed by atoms with Crippen LogP contribution in [0.4, 0.5) is 0 Å². The van der Waals surface area contributed by atoms with Gasteiger partial charge < -0.3 is 14.0 Å². The fourth-order valence-electron chi connectivity index (χ4n) is 3.22. The molecule has 0 saturated carbocycles. The SMILES string of the molecule is COc1ccc(C(=O)c2c(C)c3ccccc3n2CC2CO2)cc1. The van der Waals surface area contributed by atoms with Crippen molar-refractivity contribution in [3.8, 4) is 5.75 Å². The first-order chi connectivity index (χ1) is 11.7. The molecule has 1 aliphatic rings. The van der Waals surface area contributed by atoms with Gasteiger partial charge in [0.1, 0.15) is 5.75 Å². The Labute approximate surface area is 140 Å². The van der Waals surface area contributed by atoms with Crippen LogP contribution in [0.1, 0.15) is 21.6 Å². The third-order valence-electron chi connectivity index (χ3n) is 4.58. The Kier molecular flexibility index (Phi) is 3.62. The van der Waals surface area contributed by atoms with Gasteiger partial charge in [-0.1, -0.05) is 18.2 Å². The first-order valence-electron chi connectivity index (χ1n) is 8.07. The Bertz CT molecular complexity index is 905. The molecule has 2 heterocycles. The number of hydrogen-bond acceptors (Lipinski definition) is 3. The predicted octanol–water partition coefficient (Wildman–Crippen LogP) is 3.59. The zero-order valence-electron chi connectivity index (χ0n) is 13.8. The Morgan fingerprint density at radius 3 is 2.58 bits per heavy atom. The lowest BCUT2D eigenvalue weighted by molar-refractivity contribution is 0.102. The van der Waals surface area contributed by atoms with E-state index >= 15 is 0 Å². The Hall–Kier alpha value is -2.59. The van der Waals surface area contributed by atoms with E-state index in [-0.39, 0.29) is 11.9 Å². The molecule has 0 N–H and O–H groups in total. The second-order valence-corrected chi connectivity index (χ2v) is 6.11. The van der Waals surface area contributed by atoms with Gasteiger partial charge in [0.15, 0.2) is 0 Å². The molecule has 1 saturated heterocycles. The molecule has 1 unspecified atom stereocenters. The van der Waals surface area contributed by atoms with Crippen LogP contribution < -0.4 is 4.74 Å². The van der Waals surface area contributed by atoms with Crippen LogP contribution in [0.5, 0.6) is 5.75 Å². The van der Waals surface area contributed by atoms with Crippen molar-refractivity contribution in [1.82, 2.24) is 4.57 Å². The average Bonchev–Trinajstić information content (AvgIpc) is 3.40. The van der Waals surface area contributed by atoms with Gasteiger partial charge in [-0.15, -0.1) is 0 Å². The lowest BCUT2D eigenvalue weighted by atomic mass is 10.0. The lowest BCUT2D eigenvalue weighted by Crippen LogP contribution is -2.14. The molecule has 1 aliphatic heterocycles. The lowest BCUT2D eigenvalue weighted by Gasteiger charge is -2.10. The maximum absolute atomic E-state index is 13.2. The van der Waals surface area contributed by atoms with E-state index in [1.807, 2.05) is 43.3 Å². The van der Waals surface area contributed by atoms with Gasteiger partial charge in [0.2, 0.25) is 5.78 Å². The van der Waals surface area contributed by atoms with Crippen molar-refractivity contribution in [3.63, 3.8) is 0 Å². The van der Waals surface area contributed by atoms with E-state index in [1.54, 1.807) is 7.11 Å². The maximum atomic E-state index is 13.2. The predicted molar refractivity (Wildman–Crippen MR) is 92.8 cm³/mol. The molecule has 0 spiro atoms. The van der Waals surface area contributed by atoms with E-state index in [4.69, 9.17) is 9.47 Å². The summed E-state index contributed by atoms with van der Waals surface area (Å²) in [7, 11) is 1.62. The molecule has 4 heteroatoms. The number of benzene rings is 2. The fourth-order valence-corrected chi connectivity index (χ4v) is 3.22. The maximum Gasteiger partial charge on any atom is 0.209 e. The van der Waals surface area contributed by atoms with Crippen LogP contribution in [0.3, 0.4) is 0 Å². The fraction of sp³-hybridized carbons (Fsp3) is 0.250. The van der Waals surface area contributed by atoms with E-state index in [9.17, 15) is 4.79 Å². The summed E-state index contributed by atoms with van der Waals surface area (Å²) in [6.07, 6.45) is 0.211. The van der Waals surface area contributed by atoms with Crippen LogP contribution in [-0.2, 0) is 11.3 Å². The van der Waals surface area contributed by atoms with Crippen LogP contribution in [-0.4, -0.2) is 30.2 Å². The number of carbonyl (C=O) groups excluding carboxylic acids is 1. The highest BCUT2D eigenvalue weighted by Crippen LogP contribution is 2.29. The van der Waals surface area contributed by atoms with Crippen molar-refractivity contribution in [3.05, 3.63) is 65.4 Å². The van der Waals surface area contributed by atoms with E-state index in [0.717, 1.165) is 34.5 Å². The quantitative estimate of drug-likeness (QED) is 0.533. The smallest absolute Gasteiger partial charge is 0.209 e. The largest absolute Gasteiger partial charge is 0.497 e. The van der Waals surface area contributed by atoms with Crippen LogP contribution in [0, 0.1) is 6.92 Å². The van der Waals surface area contributed by atoms with Crippen LogP contribution in [0.25, 0.3) is 10.9 Å². The number of hydrogen-bond donors (Lipinski definition) is 0. The molecule has 4 rings (SSSR count). The minimum atomic E-state index is 0.0343. The number of aryl methyl sites for hydroxylation is 1.